The van der Waals surface area contributed by atoms with Gasteiger partial charge in [-0.1, -0.05) is 18.2 Å². The summed E-state index contributed by atoms with van der Waals surface area (Å²) in [5, 5.41) is 9.50. The number of nitrogens with zero attached hydrogens (tertiary/aromatic N) is 3. The smallest absolute Gasteiger partial charge is 0.303 e. The van der Waals surface area contributed by atoms with Crippen LogP contribution in [0.25, 0.3) is 33.7 Å². The van der Waals surface area contributed by atoms with Gasteiger partial charge in [0, 0.05) is 18.2 Å². The molecule has 3 heterocycles. The zero-order chi connectivity index (χ0) is 23.2. The van der Waals surface area contributed by atoms with Gasteiger partial charge >= 0.3 is 5.97 Å². The zero-order valence-electron chi connectivity index (χ0n) is 18.5. The van der Waals surface area contributed by atoms with Crippen LogP contribution in [0, 0.1) is 0 Å². The standard InChI is InChI=1S/C25H25N3O5/c1-16(7-3-4-9-20(29)30)32-24-22-21(17-10-12-18(31-2)13-11-17)23(19-8-5-6-14-26-19)33-25(22)28-15-27-24/h5-6,8,10-16H,3-4,7,9H2,1-2H3,(H,29,30). The van der Waals surface area contributed by atoms with Crippen molar-refractivity contribution in [2.75, 3.05) is 7.11 Å². The number of methoxy groups -OCH3 is 1. The number of aromatic nitrogens is 3. The van der Waals surface area contributed by atoms with Gasteiger partial charge in [-0.05, 0) is 56.0 Å². The van der Waals surface area contributed by atoms with E-state index in [1.54, 1.807) is 13.3 Å². The summed E-state index contributed by atoms with van der Waals surface area (Å²) in [7, 11) is 1.62. The Balaban J connectivity index is 1.74. The molecule has 1 atom stereocenters. The van der Waals surface area contributed by atoms with Gasteiger partial charge in [-0.15, -0.1) is 0 Å². The first kappa shape index (κ1) is 22.3. The van der Waals surface area contributed by atoms with Crippen molar-refractivity contribution in [2.24, 2.45) is 0 Å². The summed E-state index contributed by atoms with van der Waals surface area (Å²) in [5.74, 6) is 0.956. The van der Waals surface area contributed by atoms with Gasteiger partial charge < -0.3 is 19.0 Å². The van der Waals surface area contributed by atoms with Gasteiger partial charge in [0.1, 0.15) is 23.2 Å². The number of ether oxygens (including phenoxy) is 2. The van der Waals surface area contributed by atoms with Gasteiger partial charge in [0.05, 0.1) is 13.2 Å². The van der Waals surface area contributed by atoms with Crippen molar-refractivity contribution in [1.29, 1.82) is 0 Å². The number of rotatable bonds is 10. The molecule has 0 amide bonds. The van der Waals surface area contributed by atoms with Crippen LogP contribution in [0.3, 0.4) is 0 Å². The van der Waals surface area contributed by atoms with Gasteiger partial charge in [0.25, 0.3) is 0 Å². The number of aliphatic carboxylic acids is 1. The van der Waals surface area contributed by atoms with Gasteiger partial charge in [-0.3, -0.25) is 9.78 Å². The SMILES string of the molecule is COc1ccc(-c2c(-c3ccccn3)oc3ncnc(OC(C)CCCCC(=O)O)c23)cc1. The van der Waals surface area contributed by atoms with Gasteiger partial charge in [-0.2, -0.15) is 0 Å². The van der Waals surface area contributed by atoms with Crippen LogP contribution >= 0.6 is 0 Å². The number of fused-ring (bicyclic) bond motifs is 1. The van der Waals surface area contributed by atoms with E-state index in [1.807, 2.05) is 49.4 Å². The summed E-state index contributed by atoms with van der Waals surface area (Å²) in [5.41, 5.74) is 2.77. The minimum absolute atomic E-state index is 0.154. The van der Waals surface area contributed by atoms with E-state index in [0.29, 0.717) is 41.3 Å². The Kier molecular flexibility index (Phi) is 6.83. The topological polar surface area (TPSA) is 108 Å². The molecule has 33 heavy (non-hydrogen) atoms. The molecule has 0 spiro atoms. The first-order valence-corrected chi connectivity index (χ1v) is 10.8. The van der Waals surface area contributed by atoms with Crippen LogP contribution in [-0.2, 0) is 4.79 Å². The van der Waals surface area contributed by atoms with Crippen LogP contribution in [0.2, 0.25) is 0 Å². The minimum atomic E-state index is -0.786. The van der Waals surface area contributed by atoms with Crippen molar-refractivity contribution in [3.8, 4) is 34.2 Å². The molecule has 8 nitrogen and oxygen atoms in total. The Morgan fingerprint density at radius 3 is 2.61 bits per heavy atom. The highest BCUT2D eigenvalue weighted by Crippen LogP contribution is 2.43. The molecular formula is C25H25N3O5. The summed E-state index contributed by atoms with van der Waals surface area (Å²) >= 11 is 0. The Labute approximate surface area is 191 Å². The maximum atomic E-state index is 10.7. The molecule has 8 heteroatoms. The summed E-state index contributed by atoms with van der Waals surface area (Å²) in [6.07, 6.45) is 5.18. The van der Waals surface area contributed by atoms with Crippen molar-refractivity contribution >= 4 is 17.1 Å². The van der Waals surface area contributed by atoms with Gasteiger partial charge in [0.15, 0.2) is 5.76 Å². The Morgan fingerprint density at radius 2 is 1.91 bits per heavy atom. The van der Waals surface area contributed by atoms with Gasteiger partial charge in [-0.25, -0.2) is 9.97 Å². The summed E-state index contributed by atoms with van der Waals surface area (Å²) in [6, 6.07) is 13.3. The number of pyridine rings is 1. The average molecular weight is 447 g/mol. The Hall–Kier alpha value is -3.94. The van der Waals surface area contributed by atoms with Crippen molar-refractivity contribution < 1.29 is 23.8 Å². The van der Waals surface area contributed by atoms with Crippen molar-refractivity contribution in [3.05, 3.63) is 55.0 Å². The summed E-state index contributed by atoms with van der Waals surface area (Å²) in [4.78, 5) is 23.9. The third kappa shape index (κ3) is 5.11. The third-order valence-electron chi connectivity index (χ3n) is 5.29. The van der Waals surface area contributed by atoms with Crippen molar-refractivity contribution in [1.82, 2.24) is 15.0 Å². The van der Waals surface area contributed by atoms with Crippen LogP contribution in [0.5, 0.6) is 11.6 Å². The second-order valence-electron chi connectivity index (χ2n) is 7.68. The predicted octanol–water partition coefficient (Wildman–Crippen LogP) is 5.37. The third-order valence-corrected chi connectivity index (χ3v) is 5.29. The maximum Gasteiger partial charge on any atom is 0.303 e. The Bertz CT molecular complexity index is 1220. The van der Waals surface area contributed by atoms with Crippen LogP contribution in [-0.4, -0.2) is 39.2 Å². The van der Waals surface area contributed by atoms with Crippen LogP contribution in [0.15, 0.2) is 59.4 Å². The molecule has 0 fully saturated rings. The lowest BCUT2D eigenvalue weighted by atomic mass is 10.0. The van der Waals surface area contributed by atoms with Gasteiger partial charge in [0.2, 0.25) is 11.6 Å². The van der Waals surface area contributed by atoms with E-state index in [-0.39, 0.29) is 12.5 Å². The molecule has 1 unspecified atom stereocenters. The zero-order valence-corrected chi connectivity index (χ0v) is 18.5. The monoisotopic (exact) mass is 447 g/mol. The lowest BCUT2D eigenvalue weighted by Gasteiger charge is -2.14. The lowest BCUT2D eigenvalue weighted by molar-refractivity contribution is -0.137. The lowest BCUT2D eigenvalue weighted by Crippen LogP contribution is -2.13. The highest BCUT2D eigenvalue weighted by molar-refractivity contribution is 6.02. The average Bonchev–Trinajstić information content (AvgIpc) is 3.23. The molecule has 3 aromatic heterocycles. The largest absolute Gasteiger partial charge is 0.497 e. The fourth-order valence-electron chi connectivity index (χ4n) is 3.66. The van der Waals surface area contributed by atoms with E-state index in [0.717, 1.165) is 23.3 Å². The fraction of sp³-hybridized carbons (Fsp3) is 0.280. The van der Waals surface area contributed by atoms with Crippen LogP contribution in [0.4, 0.5) is 0 Å². The molecule has 0 saturated heterocycles. The van der Waals surface area contributed by atoms with E-state index in [9.17, 15) is 4.79 Å². The molecule has 0 saturated carbocycles. The van der Waals surface area contributed by atoms with Crippen molar-refractivity contribution in [3.63, 3.8) is 0 Å². The molecule has 170 valence electrons. The fourth-order valence-corrected chi connectivity index (χ4v) is 3.66. The number of hydrogen-bond donors (Lipinski definition) is 1. The predicted molar refractivity (Wildman–Crippen MR) is 123 cm³/mol. The molecular weight excluding hydrogens is 422 g/mol. The second kappa shape index (κ2) is 10.1. The van der Waals surface area contributed by atoms with Crippen LogP contribution in [0.1, 0.15) is 32.6 Å². The van der Waals surface area contributed by atoms with E-state index >= 15 is 0 Å². The number of carboxylic acids is 1. The highest BCUT2D eigenvalue weighted by Gasteiger charge is 2.24. The maximum absolute atomic E-state index is 10.7. The quantitative estimate of drug-likeness (QED) is 0.323. The number of carbonyl (C=O) groups is 1. The molecule has 0 bridgehead atoms. The molecule has 4 rings (SSSR count). The molecule has 0 radical (unpaired) electrons. The Morgan fingerprint density at radius 1 is 1.09 bits per heavy atom. The van der Waals surface area contributed by atoms with E-state index in [4.69, 9.17) is 19.0 Å². The molecule has 1 aromatic carbocycles. The molecule has 1 N–H and O–H groups in total. The normalized spacial score (nSPS) is 11.9. The van der Waals surface area contributed by atoms with E-state index < -0.39 is 5.97 Å². The first-order chi connectivity index (χ1) is 16.1. The number of unbranched alkanes of at least 4 members (excludes halogenated alkanes) is 1. The molecule has 4 aromatic rings. The summed E-state index contributed by atoms with van der Waals surface area (Å²) in [6.45, 7) is 1.95. The minimum Gasteiger partial charge on any atom is -0.497 e. The first-order valence-electron chi connectivity index (χ1n) is 10.8. The highest BCUT2D eigenvalue weighted by atomic mass is 16.5. The van der Waals surface area contributed by atoms with Crippen LogP contribution < -0.4 is 9.47 Å². The second-order valence-corrected chi connectivity index (χ2v) is 7.68. The number of benzene rings is 1. The number of hydrogen-bond acceptors (Lipinski definition) is 7. The van der Waals surface area contributed by atoms with Crippen molar-refractivity contribution in [2.45, 2.75) is 38.7 Å². The summed E-state index contributed by atoms with van der Waals surface area (Å²) < 4.78 is 17.6. The molecule has 0 aliphatic rings. The molecule has 0 aliphatic heterocycles. The number of carboxylic acid groups (broad SMARTS) is 1. The molecule has 0 aliphatic carbocycles. The number of furan rings is 1. The van der Waals surface area contributed by atoms with E-state index in [1.165, 1.54) is 6.33 Å². The van der Waals surface area contributed by atoms with E-state index in [2.05, 4.69) is 15.0 Å².